The van der Waals surface area contributed by atoms with Crippen molar-refractivity contribution in [3.8, 4) is 0 Å². The van der Waals surface area contributed by atoms with E-state index in [1.54, 1.807) is 52.9 Å². The fourth-order valence-electron chi connectivity index (χ4n) is 10.1. The number of aliphatic hydroxyl groups is 4. The highest BCUT2D eigenvalue weighted by atomic mass is 32.2. The van der Waals surface area contributed by atoms with Crippen molar-refractivity contribution in [3.63, 3.8) is 0 Å². The highest BCUT2D eigenvalue weighted by Crippen LogP contribution is 2.41. The lowest BCUT2D eigenvalue weighted by Crippen LogP contribution is -2.60. The minimum absolute atomic E-state index is 0.0146. The van der Waals surface area contributed by atoms with Crippen molar-refractivity contribution < 1.29 is 71.3 Å². The van der Waals surface area contributed by atoms with Crippen molar-refractivity contribution in [2.24, 2.45) is 28.7 Å². The van der Waals surface area contributed by atoms with E-state index in [4.69, 9.17) is 23.7 Å². The molecule has 1 unspecified atom stereocenters. The van der Waals surface area contributed by atoms with Gasteiger partial charge in [-0.2, -0.15) is 0 Å². The van der Waals surface area contributed by atoms with Gasteiger partial charge in [0.2, 0.25) is 5.91 Å². The van der Waals surface area contributed by atoms with Crippen molar-refractivity contribution in [2.75, 3.05) is 46.3 Å². The number of amides is 1. The van der Waals surface area contributed by atoms with Gasteiger partial charge in [0.1, 0.15) is 36.0 Å². The van der Waals surface area contributed by atoms with Crippen LogP contribution in [0, 0.1) is 23.7 Å². The quantitative estimate of drug-likeness (QED) is 0.166. The van der Waals surface area contributed by atoms with Gasteiger partial charge in [-0.3, -0.25) is 14.4 Å². The maximum Gasteiger partial charge on any atom is 0.316 e. The summed E-state index contributed by atoms with van der Waals surface area (Å²) in [6, 6.07) is 5.01. The van der Waals surface area contributed by atoms with E-state index < -0.39 is 143 Å². The maximum atomic E-state index is 14.6. The van der Waals surface area contributed by atoms with Gasteiger partial charge in [-0.15, -0.1) is 5.10 Å². The number of carbonyl (C=O) groups is 3. The number of aliphatic hydroxyl groups excluding tert-OH is 2. The number of hydrogen-bond acceptors (Lipinski definition) is 17. The molecular weight excluding hydrogens is 922 g/mol. The average molecular weight is 996 g/mol. The molecule has 15 atom stereocenters. The number of nitrogens with zero attached hydrogens (tertiary/aromatic N) is 5. The van der Waals surface area contributed by atoms with Crippen LogP contribution in [-0.4, -0.2) is 178 Å². The summed E-state index contributed by atoms with van der Waals surface area (Å²) in [4.78, 5) is 47.8. The highest BCUT2D eigenvalue weighted by Gasteiger charge is 2.54. The smallest absolute Gasteiger partial charge is 0.316 e. The van der Waals surface area contributed by atoms with Gasteiger partial charge in [0.25, 0.3) is 0 Å². The molecule has 5 rings (SSSR count). The zero-order valence-corrected chi connectivity index (χ0v) is 42.6. The summed E-state index contributed by atoms with van der Waals surface area (Å²) in [6.07, 6.45) is -3.16. The molecule has 1 amide bonds. The first kappa shape index (κ1) is 56.3. The molecule has 1 aromatic carbocycles. The van der Waals surface area contributed by atoms with Crippen LogP contribution in [0.4, 0.5) is 4.39 Å². The summed E-state index contributed by atoms with van der Waals surface area (Å²) >= 11 is 0. The number of likely N-dealkylation sites (N-methyl/N-ethyl adjacent to an activating group) is 1. The molecule has 69 heavy (non-hydrogen) atoms. The molecule has 19 nitrogen and oxygen atoms in total. The van der Waals surface area contributed by atoms with Crippen LogP contribution in [0.5, 0.6) is 0 Å². The van der Waals surface area contributed by atoms with Crippen LogP contribution in [0.3, 0.4) is 0 Å². The molecule has 21 heteroatoms. The number of alkyl halides is 1. The number of halogens is 1. The zero-order chi connectivity index (χ0) is 51.4. The first-order valence-electron chi connectivity index (χ1n) is 23.8. The number of rotatable bonds is 13. The number of carbonyl (C=O) groups excluding carboxylic acids is 3. The number of hydrogen-bond donors (Lipinski definition) is 4. The number of cyclic esters (lactones) is 1. The third kappa shape index (κ3) is 13.3. The van der Waals surface area contributed by atoms with E-state index in [9.17, 15) is 47.6 Å². The van der Waals surface area contributed by atoms with Crippen LogP contribution in [0.15, 0.2) is 40.4 Å². The van der Waals surface area contributed by atoms with Crippen molar-refractivity contribution in [2.45, 2.75) is 165 Å². The predicted octanol–water partition coefficient (Wildman–Crippen LogP) is 2.63. The van der Waals surface area contributed by atoms with E-state index >= 15 is 0 Å². The van der Waals surface area contributed by atoms with Crippen LogP contribution in [0.1, 0.15) is 98.9 Å². The van der Waals surface area contributed by atoms with Crippen LogP contribution < -0.4 is 0 Å². The topological polar surface area (TPSA) is 259 Å². The Morgan fingerprint density at radius 3 is 2.35 bits per heavy atom. The molecule has 1 aromatic heterocycles. The molecule has 4 N–H and O–H groups in total. The largest absolute Gasteiger partial charge is 0.459 e. The van der Waals surface area contributed by atoms with Crippen molar-refractivity contribution in [3.05, 3.63) is 41.7 Å². The monoisotopic (exact) mass is 995 g/mol. The Balaban J connectivity index is 1.46. The number of aliphatic imine (C=N–C) groups is 1. The molecule has 0 spiro atoms. The second-order valence-electron chi connectivity index (χ2n) is 20.2. The Hall–Kier alpha value is -3.64. The first-order chi connectivity index (χ1) is 32.2. The van der Waals surface area contributed by atoms with E-state index in [0.29, 0.717) is 30.8 Å². The number of aromatic nitrogens is 3. The Morgan fingerprint density at radius 2 is 1.75 bits per heavy atom. The maximum absolute atomic E-state index is 14.6. The summed E-state index contributed by atoms with van der Waals surface area (Å²) in [5, 5.41) is 55.3. The van der Waals surface area contributed by atoms with Crippen LogP contribution in [0.25, 0.3) is 0 Å². The Labute approximate surface area is 405 Å². The van der Waals surface area contributed by atoms with Gasteiger partial charge in [-0.05, 0) is 84.0 Å². The lowest BCUT2D eigenvalue weighted by Gasteiger charge is -2.48. The Morgan fingerprint density at radius 1 is 1.09 bits per heavy atom. The van der Waals surface area contributed by atoms with Crippen LogP contribution in [0.2, 0.25) is 0 Å². The number of fused-ring (bicyclic) bond motifs is 5. The SMILES string of the molecule is CC[C@H]1OC(=O)[C@H](C)C(=O)[C@H](C)[C@@H](O[C@@H]2O[C@H](C)C[C@H](N(C)CCc3cn([C@H](CF)Cc4ccc(S(C)(=O)=O)cc4)nn3)[C@H]2O)[C@@]2(C)C[C@@H](C)/C(=N\C(C)=O)[C@H](C)[C@@H](OCC(O)(CO)CO2)[C@]1(C)O. The first-order valence-corrected chi connectivity index (χ1v) is 25.7. The van der Waals surface area contributed by atoms with Crippen molar-refractivity contribution in [1.29, 1.82) is 0 Å². The van der Waals surface area contributed by atoms with Crippen LogP contribution >= 0.6 is 0 Å². The zero-order valence-electron chi connectivity index (χ0n) is 41.8. The van der Waals surface area contributed by atoms with Crippen molar-refractivity contribution >= 4 is 33.2 Å². The minimum Gasteiger partial charge on any atom is -0.459 e. The lowest BCUT2D eigenvalue weighted by atomic mass is 9.73. The minimum atomic E-state index is -3.39. The number of benzene rings is 1. The molecule has 2 bridgehead atoms. The molecule has 3 fully saturated rings. The summed E-state index contributed by atoms with van der Waals surface area (Å²) < 4.78 is 71.6. The molecule has 388 valence electrons. The van der Waals surface area contributed by atoms with Gasteiger partial charge in [-0.1, -0.05) is 45.0 Å². The molecular formula is C48H74FN5O14S. The third-order valence-corrected chi connectivity index (χ3v) is 15.3. The fraction of sp³-hybridized carbons (Fsp3) is 0.750. The molecule has 0 aliphatic carbocycles. The van der Waals surface area contributed by atoms with Crippen molar-refractivity contribution in [1.82, 2.24) is 19.9 Å². The molecule has 3 saturated heterocycles. The predicted molar refractivity (Wildman–Crippen MR) is 250 cm³/mol. The van der Waals surface area contributed by atoms with Gasteiger partial charge in [-0.25, -0.2) is 22.5 Å². The van der Waals surface area contributed by atoms with Gasteiger partial charge < -0.3 is 49.0 Å². The van der Waals surface area contributed by atoms with E-state index in [0.717, 1.165) is 11.8 Å². The molecule has 0 radical (unpaired) electrons. The second-order valence-corrected chi connectivity index (χ2v) is 22.2. The van der Waals surface area contributed by atoms with Crippen LogP contribution in [-0.2, 0) is 60.7 Å². The molecule has 0 saturated carbocycles. The number of ketones is 1. The average Bonchev–Trinajstić information content (AvgIpc) is 3.77. The van der Waals surface area contributed by atoms with Gasteiger partial charge in [0, 0.05) is 55.9 Å². The normalized spacial score (nSPS) is 36.6. The number of ether oxygens (including phenoxy) is 5. The summed E-state index contributed by atoms with van der Waals surface area (Å²) in [6.45, 7) is 12.0. The van der Waals surface area contributed by atoms with E-state index in [2.05, 4.69) is 15.3 Å². The number of esters is 1. The summed E-state index contributed by atoms with van der Waals surface area (Å²) in [7, 11) is -1.57. The standard InChI is InChI=1S/C48H74FN5O14S/c1-12-38-47(9,60)43-29(4)39(50-32(7)56)27(2)21-46(8,65-26-48(61,24-55)25-64-43)42(30(5)40(57)31(6)44(59)67-38)68-45-41(58)37(19-28(3)66-45)53(10)18-17-34-23-54(52-51-34)35(22-49)20-33-13-15-36(16-14-33)69(11,62)63/h13-16,23,27-31,35,37-38,41-43,45,55,58,60-61H,12,17-22,24-26H2,1-11H3/b50-39+/t27-,28-,29+,30+,31-,35+,37+,38-,41-,42-,43-,45+,46-,47-,48?/m1/s1. The third-order valence-electron chi connectivity index (χ3n) is 14.2. The van der Waals surface area contributed by atoms with Gasteiger partial charge >= 0.3 is 5.97 Å². The van der Waals surface area contributed by atoms with E-state index in [-0.39, 0.29) is 24.2 Å². The molecule has 3 aliphatic heterocycles. The fourth-order valence-corrected chi connectivity index (χ4v) is 10.7. The van der Waals surface area contributed by atoms with E-state index in [1.165, 1.54) is 37.6 Å². The number of sulfone groups is 1. The number of Topliss-reactive ketones (excluding diaryl/α,β-unsaturated/α-hetero) is 1. The van der Waals surface area contributed by atoms with Gasteiger partial charge in [0.15, 0.2) is 21.9 Å². The molecule has 4 heterocycles. The Kier molecular flexibility index (Phi) is 18.6. The van der Waals surface area contributed by atoms with Gasteiger partial charge in [0.05, 0.1) is 60.4 Å². The summed E-state index contributed by atoms with van der Waals surface area (Å²) in [5.41, 5.74) is -4.05. The highest BCUT2D eigenvalue weighted by molar-refractivity contribution is 7.90. The second kappa shape index (κ2) is 22.8. The molecule has 3 aliphatic rings. The van der Waals surface area contributed by atoms with E-state index in [1.807, 2.05) is 18.9 Å². The molecule has 2 aromatic rings. The Bertz CT molecular complexity index is 2230. The summed E-state index contributed by atoms with van der Waals surface area (Å²) in [5.74, 6) is -6.10. The lowest BCUT2D eigenvalue weighted by molar-refractivity contribution is -0.301.